The molecule has 0 fully saturated rings. The minimum atomic E-state index is -0.332. The summed E-state index contributed by atoms with van der Waals surface area (Å²) in [5.74, 6) is 0.395. The minimum Gasteiger partial charge on any atom is -0.389 e. The van der Waals surface area contributed by atoms with E-state index in [1.54, 1.807) is 0 Å². The maximum absolute atomic E-state index is 9.83. The Hall–Kier alpha value is -1.08. The Morgan fingerprint density at radius 2 is 1.81 bits per heavy atom. The van der Waals surface area contributed by atoms with Gasteiger partial charge in [-0.2, -0.15) is 0 Å². The topological polar surface area (TPSA) is 20.2 Å². The lowest BCUT2D eigenvalue weighted by Crippen LogP contribution is -2.08. The summed E-state index contributed by atoms with van der Waals surface area (Å²) < 4.78 is 0. The van der Waals surface area contributed by atoms with Crippen molar-refractivity contribution in [3.05, 3.63) is 47.0 Å². The lowest BCUT2D eigenvalue weighted by molar-refractivity contribution is 0.203. The van der Waals surface area contributed by atoms with E-state index in [-0.39, 0.29) is 6.10 Å². The fraction of sp³-hybridized carbons (Fsp3) is 0.467. The summed E-state index contributed by atoms with van der Waals surface area (Å²) in [6.45, 7) is 8.28. The van der Waals surface area contributed by atoms with E-state index in [1.807, 2.05) is 19.9 Å². The largest absolute Gasteiger partial charge is 0.389 e. The number of benzene rings is 1. The van der Waals surface area contributed by atoms with Crippen molar-refractivity contribution in [3.8, 4) is 0 Å². The highest BCUT2D eigenvalue weighted by molar-refractivity contribution is 5.24. The Kier molecular flexibility index (Phi) is 4.75. The van der Waals surface area contributed by atoms with Crippen LogP contribution >= 0.6 is 0 Å². The van der Waals surface area contributed by atoms with E-state index in [4.69, 9.17) is 0 Å². The Morgan fingerprint density at radius 1 is 1.25 bits per heavy atom. The third-order valence-electron chi connectivity index (χ3n) is 2.77. The first-order valence-corrected chi connectivity index (χ1v) is 5.88. The molecule has 0 aliphatic carbocycles. The first-order valence-electron chi connectivity index (χ1n) is 5.88. The second-order valence-corrected chi connectivity index (χ2v) is 4.86. The van der Waals surface area contributed by atoms with Crippen molar-refractivity contribution in [2.45, 2.75) is 46.1 Å². The predicted molar refractivity (Wildman–Crippen MR) is 69.6 cm³/mol. The van der Waals surface area contributed by atoms with Crippen molar-refractivity contribution in [2.75, 3.05) is 0 Å². The lowest BCUT2D eigenvalue weighted by atomic mass is 9.94. The third-order valence-corrected chi connectivity index (χ3v) is 2.77. The fourth-order valence-electron chi connectivity index (χ4n) is 1.85. The van der Waals surface area contributed by atoms with Gasteiger partial charge in [0.15, 0.2) is 0 Å². The summed E-state index contributed by atoms with van der Waals surface area (Å²) in [6, 6.07) is 8.54. The molecule has 0 amide bonds. The molecule has 0 saturated carbocycles. The third kappa shape index (κ3) is 4.19. The summed E-state index contributed by atoms with van der Waals surface area (Å²) >= 11 is 0. The van der Waals surface area contributed by atoms with Crippen LogP contribution in [-0.2, 0) is 0 Å². The summed E-state index contributed by atoms with van der Waals surface area (Å²) in [6.07, 6.45) is 2.38. The van der Waals surface area contributed by atoms with Gasteiger partial charge in [0.25, 0.3) is 0 Å². The van der Waals surface area contributed by atoms with Gasteiger partial charge in [0, 0.05) is 0 Å². The molecule has 1 aromatic carbocycles. The second kappa shape index (κ2) is 5.86. The van der Waals surface area contributed by atoms with Gasteiger partial charge < -0.3 is 5.11 Å². The van der Waals surface area contributed by atoms with Gasteiger partial charge in [-0.05, 0) is 38.7 Å². The zero-order valence-electron chi connectivity index (χ0n) is 10.7. The van der Waals surface area contributed by atoms with E-state index in [1.165, 1.54) is 16.7 Å². The first kappa shape index (κ1) is 13.0. The summed E-state index contributed by atoms with van der Waals surface area (Å²) in [4.78, 5) is 0. The number of aliphatic hydroxyl groups excluding tert-OH is 1. The molecular weight excluding hydrogens is 196 g/mol. The van der Waals surface area contributed by atoms with Crippen molar-refractivity contribution < 1.29 is 5.11 Å². The summed E-state index contributed by atoms with van der Waals surface area (Å²) in [5.41, 5.74) is 3.75. The second-order valence-electron chi connectivity index (χ2n) is 4.86. The van der Waals surface area contributed by atoms with Crippen LogP contribution in [-0.4, -0.2) is 11.2 Å². The van der Waals surface area contributed by atoms with Crippen LogP contribution in [0.25, 0.3) is 0 Å². The van der Waals surface area contributed by atoms with Gasteiger partial charge >= 0.3 is 0 Å². The molecule has 0 radical (unpaired) electrons. The van der Waals surface area contributed by atoms with Crippen LogP contribution in [0.1, 0.15) is 44.2 Å². The highest BCUT2D eigenvalue weighted by Gasteiger charge is 2.09. The first-order chi connectivity index (χ1) is 7.49. The molecule has 0 aliphatic rings. The molecular formula is C15H22O. The smallest absolute Gasteiger partial charge is 0.0729 e. The van der Waals surface area contributed by atoms with E-state index in [2.05, 4.69) is 38.1 Å². The van der Waals surface area contributed by atoms with Crippen LogP contribution in [0.2, 0.25) is 0 Å². The van der Waals surface area contributed by atoms with Crippen molar-refractivity contribution in [1.82, 2.24) is 0 Å². The van der Waals surface area contributed by atoms with Gasteiger partial charge in [-0.3, -0.25) is 0 Å². The molecule has 1 N–H and O–H groups in total. The average Bonchev–Trinajstić information content (AvgIpc) is 2.16. The van der Waals surface area contributed by atoms with E-state index < -0.39 is 0 Å². The molecule has 1 nitrogen and oxygen atoms in total. The van der Waals surface area contributed by atoms with Crippen molar-refractivity contribution >= 4 is 0 Å². The maximum Gasteiger partial charge on any atom is 0.0729 e. The Balaban J connectivity index is 2.62. The quantitative estimate of drug-likeness (QED) is 0.762. The van der Waals surface area contributed by atoms with Gasteiger partial charge in [0.2, 0.25) is 0 Å². The number of hydrogen-bond acceptors (Lipinski definition) is 1. The number of aryl methyl sites for hydroxylation is 1. The minimum absolute atomic E-state index is 0.332. The van der Waals surface area contributed by atoms with E-state index in [0.717, 1.165) is 6.42 Å². The lowest BCUT2D eigenvalue weighted by Gasteiger charge is -2.15. The number of rotatable bonds is 4. The zero-order chi connectivity index (χ0) is 12.1. The van der Waals surface area contributed by atoms with Crippen molar-refractivity contribution in [1.29, 1.82) is 0 Å². The van der Waals surface area contributed by atoms with Crippen molar-refractivity contribution in [2.24, 2.45) is 0 Å². The van der Waals surface area contributed by atoms with Crippen molar-refractivity contribution in [3.63, 3.8) is 0 Å². The highest BCUT2D eigenvalue weighted by Crippen LogP contribution is 2.21. The number of aliphatic hydroxyl groups is 1. The molecule has 0 aliphatic heterocycles. The van der Waals surface area contributed by atoms with Gasteiger partial charge in [-0.1, -0.05) is 48.4 Å². The van der Waals surface area contributed by atoms with Gasteiger partial charge in [0.1, 0.15) is 0 Å². The Bertz CT molecular complexity index is 344. The molecule has 2 atom stereocenters. The van der Waals surface area contributed by atoms with Crippen LogP contribution < -0.4 is 0 Å². The van der Waals surface area contributed by atoms with Gasteiger partial charge in [0.05, 0.1) is 6.10 Å². The van der Waals surface area contributed by atoms with Crippen LogP contribution in [0.3, 0.4) is 0 Å². The monoisotopic (exact) mass is 218 g/mol. The Labute approximate surface area is 98.8 Å². The molecule has 0 spiro atoms. The summed E-state index contributed by atoms with van der Waals surface area (Å²) in [5, 5.41) is 9.83. The standard InChI is InChI=1S/C15H22O/c1-11(2)9-15(16)10-13(4)14-7-5-12(3)6-8-14/h5-9,13,15-16H,10H2,1-4H3/t13-,15-/m1/s1. The molecule has 0 heterocycles. The Morgan fingerprint density at radius 3 is 2.31 bits per heavy atom. The average molecular weight is 218 g/mol. The SMILES string of the molecule is CC(C)=C[C@@H](O)C[C@@H](C)c1ccc(C)cc1. The number of allylic oxidation sites excluding steroid dienone is 1. The van der Waals surface area contributed by atoms with Crippen LogP contribution in [0.4, 0.5) is 0 Å². The van der Waals surface area contributed by atoms with Crippen LogP contribution in [0.5, 0.6) is 0 Å². The molecule has 1 rings (SSSR count). The van der Waals surface area contributed by atoms with Gasteiger partial charge in [-0.25, -0.2) is 0 Å². The molecule has 0 bridgehead atoms. The van der Waals surface area contributed by atoms with E-state index in [0.29, 0.717) is 5.92 Å². The highest BCUT2D eigenvalue weighted by atomic mass is 16.3. The molecule has 16 heavy (non-hydrogen) atoms. The molecule has 1 heteroatoms. The zero-order valence-corrected chi connectivity index (χ0v) is 10.7. The van der Waals surface area contributed by atoms with Crippen LogP contribution in [0, 0.1) is 6.92 Å². The molecule has 0 aromatic heterocycles. The maximum atomic E-state index is 9.83. The fourth-order valence-corrected chi connectivity index (χ4v) is 1.85. The molecule has 0 saturated heterocycles. The van der Waals surface area contributed by atoms with E-state index in [9.17, 15) is 5.11 Å². The van der Waals surface area contributed by atoms with Gasteiger partial charge in [-0.15, -0.1) is 0 Å². The normalized spacial score (nSPS) is 14.3. The molecule has 0 unspecified atom stereocenters. The van der Waals surface area contributed by atoms with Crippen LogP contribution in [0.15, 0.2) is 35.9 Å². The molecule has 1 aromatic rings. The summed E-state index contributed by atoms with van der Waals surface area (Å²) in [7, 11) is 0. The predicted octanol–water partition coefficient (Wildman–Crippen LogP) is 3.82. The molecule has 88 valence electrons. The van der Waals surface area contributed by atoms with E-state index >= 15 is 0 Å². The number of hydrogen-bond donors (Lipinski definition) is 1.